The van der Waals surface area contributed by atoms with Crippen LogP contribution in [0.25, 0.3) is 10.1 Å². The molecule has 2 aromatic carbocycles. The summed E-state index contributed by atoms with van der Waals surface area (Å²) in [6.45, 7) is 0. The zero-order valence-electron chi connectivity index (χ0n) is 9.60. The summed E-state index contributed by atoms with van der Waals surface area (Å²) in [6.07, 6.45) is 2.27. The van der Waals surface area contributed by atoms with E-state index in [0.29, 0.717) is 0 Å². The zero-order valence-corrected chi connectivity index (χ0v) is 10.4. The van der Waals surface area contributed by atoms with Crippen molar-refractivity contribution in [1.82, 2.24) is 0 Å². The largest absolute Gasteiger partial charge is 0.140 e. The molecule has 84 valence electrons. The summed E-state index contributed by atoms with van der Waals surface area (Å²) in [5.74, 6) is 0. The van der Waals surface area contributed by atoms with Gasteiger partial charge in [-0.05, 0) is 35.9 Å². The van der Waals surface area contributed by atoms with E-state index in [9.17, 15) is 0 Å². The van der Waals surface area contributed by atoms with Gasteiger partial charge in [-0.25, -0.2) is 0 Å². The first kappa shape index (κ1) is 10.5. The highest BCUT2D eigenvalue weighted by atomic mass is 32.1. The molecule has 17 heavy (non-hydrogen) atoms. The quantitative estimate of drug-likeness (QED) is 0.621. The van der Waals surface area contributed by atoms with Crippen LogP contribution < -0.4 is 0 Å². The van der Waals surface area contributed by atoms with Crippen molar-refractivity contribution in [1.29, 1.82) is 0 Å². The van der Waals surface area contributed by atoms with Gasteiger partial charge in [0.25, 0.3) is 0 Å². The Morgan fingerprint density at radius 3 is 2.35 bits per heavy atom. The molecule has 0 atom stereocenters. The van der Waals surface area contributed by atoms with E-state index in [1.807, 2.05) is 11.3 Å². The van der Waals surface area contributed by atoms with Gasteiger partial charge in [-0.15, -0.1) is 11.3 Å². The van der Waals surface area contributed by atoms with Gasteiger partial charge < -0.3 is 0 Å². The number of rotatable bonds is 3. The van der Waals surface area contributed by atoms with Crippen LogP contribution in [-0.4, -0.2) is 0 Å². The van der Waals surface area contributed by atoms with E-state index >= 15 is 0 Å². The number of hydrogen-bond acceptors (Lipinski definition) is 1. The maximum Gasteiger partial charge on any atom is 0.0345 e. The maximum absolute atomic E-state index is 2.32. The fraction of sp³-hybridized carbons (Fsp3) is 0.125. The molecule has 0 spiro atoms. The monoisotopic (exact) mass is 238 g/mol. The summed E-state index contributed by atoms with van der Waals surface area (Å²) in [5, 5.41) is 1.38. The van der Waals surface area contributed by atoms with Crippen molar-refractivity contribution in [3.63, 3.8) is 0 Å². The van der Waals surface area contributed by atoms with Crippen molar-refractivity contribution in [2.24, 2.45) is 0 Å². The summed E-state index contributed by atoms with van der Waals surface area (Å²) in [5.41, 5.74) is 1.42. The van der Waals surface area contributed by atoms with Crippen LogP contribution in [0.4, 0.5) is 0 Å². The molecule has 0 N–H and O–H groups in total. The molecule has 0 unspecified atom stereocenters. The highest BCUT2D eigenvalue weighted by Gasteiger charge is 2.01. The van der Waals surface area contributed by atoms with Crippen LogP contribution in [0, 0.1) is 0 Å². The minimum atomic E-state index is 1.13. The molecule has 0 aliphatic rings. The SMILES string of the molecule is c1ccc(CCc2cc3ccccc3s2)cc1. The fourth-order valence-electron chi connectivity index (χ4n) is 2.07. The molecule has 1 heterocycles. The van der Waals surface area contributed by atoms with Crippen molar-refractivity contribution < 1.29 is 0 Å². The molecular weight excluding hydrogens is 224 g/mol. The lowest BCUT2D eigenvalue weighted by Gasteiger charge is -1.98. The average Bonchev–Trinajstić information content (AvgIpc) is 2.80. The van der Waals surface area contributed by atoms with Crippen LogP contribution in [-0.2, 0) is 12.8 Å². The lowest BCUT2D eigenvalue weighted by molar-refractivity contribution is 0.982. The van der Waals surface area contributed by atoms with Crippen molar-refractivity contribution in [2.75, 3.05) is 0 Å². The molecule has 3 rings (SSSR count). The van der Waals surface area contributed by atoms with E-state index in [1.165, 1.54) is 20.5 Å². The minimum Gasteiger partial charge on any atom is -0.140 e. The van der Waals surface area contributed by atoms with Gasteiger partial charge in [0.15, 0.2) is 0 Å². The molecule has 0 saturated heterocycles. The Morgan fingerprint density at radius 2 is 1.53 bits per heavy atom. The molecule has 0 bridgehead atoms. The summed E-state index contributed by atoms with van der Waals surface area (Å²) in [7, 11) is 0. The highest BCUT2D eigenvalue weighted by Crippen LogP contribution is 2.26. The first-order valence-corrected chi connectivity index (χ1v) is 6.75. The fourth-order valence-corrected chi connectivity index (χ4v) is 3.14. The second-order valence-corrected chi connectivity index (χ2v) is 5.40. The van der Waals surface area contributed by atoms with Gasteiger partial charge in [-0.2, -0.15) is 0 Å². The third kappa shape index (κ3) is 2.40. The Kier molecular flexibility index (Phi) is 2.93. The molecule has 1 aromatic heterocycles. The Morgan fingerprint density at radius 1 is 0.765 bits per heavy atom. The van der Waals surface area contributed by atoms with Crippen molar-refractivity contribution in [3.8, 4) is 0 Å². The number of fused-ring (bicyclic) bond motifs is 1. The van der Waals surface area contributed by atoms with Gasteiger partial charge in [-0.1, -0.05) is 48.5 Å². The average molecular weight is 238 g/mol. The van der Waals surface area contributed by atoms with Crippen LogP contribution in [0.3, 0.4) is 0 Å². The highest BCUT2D eigenvalue weighted by molar-refractivity contribution is 7.19. The molecule has 0 aliphatic heterocycles. The van der Waals surface area contributed by atoms with Crippen molar-refractivity contribution >= 4 is 21.4 Å². The Balaban J connectivity index is 1.77. The molecule has 0 saturated carbocycles. The standard InChI is InChI=1S/C16H14S/c1-2-6-13(7-3-1)10-11-15-12-14-8-4-5-9-16(14)17-15/h1-9,12H,10-11H2. The van der Waals surface area contributed by atoms with Gasteiger partial charge in [0.05, 0.1) is 0 Å². The van der Waals surface area contributed by atoms with E-state index in [4.69, 9.17) is 0 Å². The predicted octanol–water partition coefficient (Wildman–Crippen LogP) is 4.69. The summed E-state index contributed by atoms with van der Waals surface area (Å²) in [4.78, 5) is 1.48. The van der Waals surface area contributed by atoms with Gasteiger partial charge >= 0.3 is 0 Å². The summed E-state index contributed by atoms with van der Waals surface area (Å²) < 4.78 is 1.40. The van der Waals surface area contributed by atoms with Crippen molar-refractivity contribution in [3.05, 3.63) is 71.1 Å². The first-order chi connectivity index (χ1) is 8.42. The molecule has 0 aliphatic carbocycles. The van der Waals surface area contributed by atoms with Crippen LogP contribution in [0.15, 0.2) is 60.7 Å². The Hall–Kier alpha value is -1.60. The van der Waals surface area contributed by atoms with E-state index < -0.39 is 0 Å². The number of hydrogen-bond donors (Lipinski definition) is 0. The van der Waals surface area contributed by atoms with Gasteiger partial charge in [-0.3, -0.25) is 0 Å². The number of benzene rings is 2. The van der Waals surface area contributed by atoms with Crippen LogP contribution in [0.5, 0.6) is 0 Å². The molecule has 0 fully saturated rings. The Labute approximate surface area is 106 Å². The van der Waals surface area contributed by atoms with Gasteiger partial charge in [0.2, 0.25) is 0 Å². The number of aryl methyl sites for hydroxylation is 2. The lowest BCUT2D eigenvalue weighted by atomic mass is 10.1. The second kappa shape index (κ2) is 4.72. The molecule has 3 aromatic rings. The topological polar surface area (TPSA) is 0 Å². The smallest absolute Gasteiger partial charge is 0.0345 e. The minimum absolute atomic E-state index is 1.13. The summed E-state index contributed by atoms with van der Waals surface area (Å²) in [6, 6.07) is 21.6. The third-order valence-electron chi connectivity index (χ3n) is 2.98. The first-order valence-electron chi connectivity index (χ1n) is 5.93. The molecule has 0 nitrogen and oxygen atoms in total. The van der Waals surface area contributed by atoms with Crippen molar-refractivity contribution in [2.45, 2.75) is 12.8 Å². The van der Waals surface area contributed by atoms with E-state index in [-0.39, 0.29) is 0 Å². The predicted molar refractivity (Wildman–Crippen MR) is 75.7 cm³/mol. The van der Waals surface area contributed by atoms with Crippen LogP contribution >= 0.6 is 11.3 Å². The zero-order chi connectivity index (χ0) is 11.5. The van der Waals surface area contributed by atoms with Gasteiger partial charge in [0.1, 0.15) is 0 Å². The van der Waals surface area contributed by atoms with E-state index in [2.05, 4.69) is 60.7 Å². The van der Waals surface area contributed by atoms with Crippen LogP contribution in [0.2, 0.25) is 0 Å². The Bertz CT molecular complexity index is 575. The third-order valence-corrected chi connectivity index (χ3v) is 4.16. The molecular formula is C16H14S. The number of thiophene rings is 1. The maximum atomic E-state index is 2.32. The molecule has 0 amide bonds. The van der Waals surface area contributed by atoms with Crippen LogP contribution in [0.1, 0.15) is 10.4 Å². The summed E-state index contributed by atoms with van der Waals surface area (Å²) >= 11 is 1.92. The van der Waals surface area contributed by atoms with E-state index in [1.54, 1.807) is 0 Å². The molecule has 1 heteroatoms. The van der Waals surface area contributed by atoms with E-state index in [0.717, 1.165) is 12.8 Å². The normalized spacial score (nSPS) is 10.8. The second-order valence-electron chi connectivity index (χ2n) is 4.24. The lowest BCUT2D eigenvalue weighted by Crippen LogP contribution is -1.87. The van der Waals surface area contributed by atoms with Gasteiger partial charge in [0, 0.05) is 9.58 Å². The molecule has 0 radical (unpaired) electrons.